The van der Waals surface area contributed by atoms with E-state index in [4.69, 9.17) is 0 Å². The van der Waals surface area contributed by atoms with E-state index in [1.807, 2.05) is 0 Å². The molecule has 0 aliphatic rings. The van der Waals surface area contributed by atoms with Crippen LogP contribution in [0, 0.1) is 0 Å². The molecule has 0 atom stereocenters. The molecule has 2 heterocycles. The van der Waals surface area contributed by atoms with Crippen LogP contribution >= 0.6 is 0 Å². The lowest BCUT2D eigenvalue weighted by Crippen LogP contribution is -2.10. The SMILES string of the molecule is O=C(CCC(F)(F)F)c1cnn(-c2cccnc2)c1. The molecule has 7 heteroatoms. The first-order valence-corrected chi connectivity index (χ1v) is 5.51. The fourth-order valence-electron chi connectivity index (χ4n) is 1.50. The maximum atomic E-state index is 12.0. The van der Waals surface area contributed by atoms with Crippen molar-refractivity contribution in [2.75, 3.05) is 0 Å². The molecule has 100 valence electrons. The highest BCUT2D eigenvalue weighted by Gasteiger charge is 2.28. The molecule has 0 N–H and O–H groups in total. The van der Waals surface area contributed by atoms with E-state index in [0.717, 1.165) is 0 Å². The smallest absolute Gasteiger partial charge is 0.294 e. The predicted octanol–water partition coefficient (Wildman–Crippen LogP) is 2.79. The van der Waals surface area contributed by atoms with Crippen LogP contribution in [0.5, 0.6) is 0 Å². The summed E-state index contributed by atoms with van der Waals surface area (Å²) in [4.78, 5) is 15.5. The van der Waals surface area contributed by atoms with Crippen molar-refractivity contribution in [2.24, 2.45) is 0 Å². The summed E-state index contributed by atoms with van der Waals surface area (Å²) >= 11 is 0. The van der Waals surface area contributed by atoms with Gasteiger partial charge in [-0.25, -0.2) is 4.68 Å². The summed E-state index contributed by atoms with van der Waals surface area (Å²) in [6, 6.07) is 3.42. The van der Waals surface area contributed by atoms with Crippen LogP contribution in [0.4, 0.5) is 13.2 Å². The van der Waals surface area contributed by atoms with Crippen molar-refractivity contribution in [3.63, 3.8) is 0 Å². The zero-order chi connectivity index (χ0) is 13.9. The standard InChI is InChI=1S/C12H10F3N3O/c13-12(14,15)4-3-11(19)9-6-17-18(8-9)10-2-1-5-16-7-10/h1-2,5-8H,3-4H2. The molecule has 2 aromatic rings. The van der Waals surface area contributed by atoms with Gasteiger partial charge in [0.25, 0.3) is 0 Å². The monoisotopic (exact) mass is 269 g/mol. The van der Waals surface area contributed by atoms with Crippen LogP contribution in [0.15, 0.2) is 36.9 Å². The maximum absolute atomic E-state index is 12.0. The lowest BCUT2D eigenvalue weighted by atomic mass is 10.1. The predicted molar refractivity (Wildman–Crippen MR) is 61.0 cm³/mol. The third-order valence-electron chi connectivity index (χ3n) is 2.45. The van der Waals surface area contributed by atoms with Crippen LogP contribution in [0.3, 0.4) is 0 Å². The van der Waals surface area contributed by atoms with Crippen LogP contribution in [0.25, 0.3) is 5.69 Å². The Labute approximate surface area is 106 Å². The van der Waals surface area contributed by atoms with Gasteiger partial charge in [-0.05, 0) is 12.1 Å². The third-order valence-corrected chi connectivity index (χ3v) is 2.45. The van der Waals surface area contributed by atoms with Gasteiger partial charge < -0.3 is 0 Å². The minimum Gasteiger partial charge on any atom is -0.294 e. The molecule has 0 spiro atoms. The lowest BCUT2D eigenvalue weighted by molar-refractivity contribution is -0.133. The van der Waals surface area contributed by atoms with Crippen LogP contribution < -0.4 is 0 Å². The minimum absolute atomic E-state index is 0.160. The minimum atomic E-state index is -4.32. The second-order valence-corrected chi connectivity index (χ2v) is 3.92. The molecule has 0 aliphatic heterocycles. The van der Waals surface area contributed by atoms with Gasteiger partial charge in [-0.3, -0.25) is 9.78 Å². The molecular formula is C12H10F3N3O. The molecule has 2 aromatic heterocycles. The molecule has 0 aromatic carbocycles. The van der Waals surface area contributed by atoms with Gasteiger partial charge in [-0.1, -0.05) is 0 Å². The summed E-state index contributed by atoms with van der Waals surface area (Å²) in [6.07, 6.45) is -0.234. The quantitative estimate of drug-likeness (QED) is 0.802. The number of rotatable bonds is 4. The summed E-state index contributed by atoms with van der Waals surface area (Å²) in [6.45, 7) is 0. The Morgan fingerprint density at radius 3 is 2.74 bits per heavy atom. The van der Waals surface area contributed by atoms with Crippen molar-refractivity contribution < 1.29 is 18.0 Å². The number of Topliss-reactive ketones (excluding diaryl/α,β-unsaturated/α-hetero) is 1. The normalized spacial score (nSPS) is 11.5. The first kappa shape index (κ1) is 13.3. The van der Waals surface area contributed by atoms with Gasteiger partial charge in [0.2, 0.25) is 0 Å². The van der Waals surface area contributed by atoms with Crippen molar-refractivity contribution >= 4 is 5.78 Å². The Morgan fingerprint density at radius 1 is 1.32 bits per heavy atom. The molecule has 0 saturated heterocycles. The van der Waals surface area contributed by atoms with Gasteiger partial charge in [-0.2, -0.15) is 18.3 Å². The average Bonchev–Trinajstić information content (AvgIpc) is 2.86. The van der Waals surface area contributed by atoms with E-state index in [9.17, 15) is 18.0 Å². The second-order valence-electron chi connectivity index (χ2n) is 3.92. The number of aromatic nitrogens is 3. The number of hydrogen-bond donors (Lipinski definition) is 0. The number of halogens is 3. The third kappa shape index (κ3) is 3.64. The Bertz CT molecular complexity index is 563. The Hall–Kier alpha value is -2.18. The molecular weight excluding hydrogens is 259 g/mol. The first-order valence-electron chi connectivity index (χ1n) is 5.51. The maximum Gasteiger partial charge on any atom is 0.389 e. The van der Waals surface area contributed by atoms with Gasteiger partial charge in [0, 0.05) is 18.8 Å². The molecule has 0 aliphatic carbocycles. The number of pyridine rings is 1. The van der Waals surface area contributed by atoms with Crippen molar-refractivity contribution in [3.05, 3.63) is 42.5 Å². The largest absolute Gasteiger partial charge is 0.389 e. The lowest BCUT2D eigenvalue weighted by Gasteiger charge is -2.03. The highest BCUT2D eigenvalue weighted by molar-refractivity contribution is 5.95. The number of carbonyl (C=O) groups is 1. The Morgan fingerprint density at radius 2 is 2.11 bits per heavy atom. The zero-order valence-corrected chi connectivity index (χ0v) is 9.76. The van der Waals surface area contributed by atoms with Crippen molar-refractivity contribution in [3.8, 4) is 5.69 Å². The topological polar surface area (TPSA) is 47.8 Å². The summed E-state index contributed by atoms with van der Waals surface area (Å²) in [7, 11) is 0. The zero-order valence-electron chi connectivity index (χ0n) is 9.76. The fourth-order valence-corrected chi connectivity index (χ4v) is 1.50. The van der Waals surface area contributed by atoms with Gasteiger partial charge >= 0.3 is 6.18 Å². The second kappa shape index (κ2) is 5.21. The molecule has 0 bridgehead atoms. The van der Waals surface area contributed by atoms with E-state index in [-0.39, 0.29) is 5.56 Å². The fraction of sp³-hybridized carbons (Fsp3) is 0.250. The van der Waals surface area contributed by atoms with Crippen LogP contribution in [0.1, 0.15) is 23.2 Å². The molecule has 0 unspecified atom stereocenters. The number of hydrogen-bond acceptors (Lipinski definition) is 3. The van der Waals surface area contributed by atoms with Crippen LogP contribution in [-0.2, 0) is 0 Å². The first-order chi connectivity index (χ1) is 8.96. The van der Waals surface area contributed by atoms with E-state index in [1.165, 1.54) is 23.3 Å². The highest BCUT2D eigenvalue weighted by atomic mass is 19.4. The highest BCUT2D eigenvalue weighted by Crippen LogP contribution is 2.22. The van der Waals surface area contributed by atoms with E-state index in [2.05, 4.69) is 10.1 Å². The van der Waals surface area contributed by atoms with E-state index in [0.29, 0.717) is 5.69 Å². The molecule has 0 saturated carbocycles. The van der Waals surface area contributed by atoms with E-state index >= 15 is 0 Å². The van der Waals surface area contributed by atoms with Crippen LogP contribution in [0.2, 0.25) is 0 Å². The van der Waals surface area contributed by atoms with Gasteiger partial charge in [0.15, 0.2) is 5.78 Å². The number of alkyl halides is 3. The van der Waals surface area contributed by atoms with Crippen LogP contribution in [-0.4, -0.2) is 26.7 Å². The Balaban J connectivity index is 2.07. The van der Waals surface area contributed by atoms with E-state index in [1.54, 1.807) is 18.3 Å². The molecule has 0 fully saturated rings. The molecule has 0 radical (unpaired) electrons. The molecule has 19 heavy (non-hydrogen) atoms. The van der Waals surface area contributed by atoms with Gasteiger partial charge in [0.1, 0.15) is 0 Å². The summed E-state index contributed by atoms with van der Waals surface area (Å²) in [5.74, 6) is -0.576. The average molecular weight is 269 g/mol. The number of nitrogens with zero attached hydrogens (tertiary/aromatic N) is 3. The van der Waals surface area contributed by atoms with E-state index < -0.39 is 24.8 Å². The van der Waals surface area contributed by atoms with Gasteiger partial charge in [-0.15, -0.1) is 0 Å². The van der Waals surface area contributed by atoms with Crippen molar-refractivity contribution in [1.29, 1.82) is 0 Å². The molecule has 2 rings (SSSR count). The van der Waals surface area contributed by atoms with Crippen molar-refractivity contribution in [1.82, 2.24) is 14.8 Å². The number of ketones is 1. The summed E-state index contributed by atoms with van der Waals surface area (Å²) in [5.41, 5.74) is 0.797. The summed E-state index contributed by atoms with van der Waals surface area (Å²) in [5, 5.41) is 3.93. The van der Waals surface area contributed by atoms with Gasteiger partial charge in [0.05, 0.1) is 30.1 Å². The van der Waals surface area contributed by atoms with Crippen molar-refractivity contribution in [2.45, 2.75) is 19.0 Å². The molecule has 0 amide bonds. The molecule has 4 nitrogen and oxygen atoms in total. The summed E-state index contributed by atoms with van der Waals surface area (Å²) < 4.78 is 37.5. The Kier molecular flexibility index (Phi) is 3.64. The number of carbonyl (C=O) groups excluding carboxylic acids is 1.